The molecule has 6 heteroatoms. The van der Waals surface area contributed by atoms with Crippen LogP contribution in [0, 0.1) is 0 Å². The van der Waals surface area contributed by atoms with Gasteiger partial charge in [-0.2, -0.15) is 0 Å². The Morgan fingerprint density at radius 1 is 1.43 bits per heavy atom. The largest absolute Gasteiger partial charge is 0.465 e. The highest BCUT2D eigenvalue weighted by Crippen LogP contribution is 2.41. The van der Waals surface area contributed by atoms with Crippen molar-refractivity contribution < 1.29 is 14.3 Å². The molecule has 1 fully saturated rings. The molecule has 1 aromatic rings. The third kappa shape index (κ3) is 3.70. The van der Waals surface area contributed by atoms with E-state index >= 15 is 0 Å². The second kappa shape index (κ2) is 6.54. The lowest BCUT2D eigenvalue weighted by Gasteiger charge is -2.13. The molecule has 1 aliphatic rings. The summed E-state index contributed by atoms with van der Waals surface area (Å²) in [5.41, 5.74) is 12.1. The summed E-state index contributed by atoms with van der Waals surface area (Å²) >= 11 is 5.73. The van der Waals surface area contributed by atoms with Crippen molar-refractivity contribution in [2.24, 2.45) is 11.5 Å². The molecule has 0 unspecified atom stereocenters. The van der Waals surface area contributed by atoms with E-state index < -0.39 is 5.97 Å². The van der Waals surface area contributed by atoms with Crippen LogP contribution in [0.25, 0.3) is 0 Å². The van der Waals surface area contributed by atoms with E-state index in [4.69, 9.17) is 27.8 Å². The van der Waals surface area contributed by atoms with Gasteiger partial charge in [0.15, 0.2) is 5.76 Å². The fourth-order valence-corrected chi connectivity index (χ4v) is 2.13. The summed E-state index contributed by atoms with van der Waals surface area (Å²) in [7, 11) is 1.23. The minimum absolute atomic E-state index is 0.0577. The van der Waals surface area contributed by atoms with E-state index in [2.05, 4.69) is 4.74 Å². The summed E-state index contributed by atoms with van der Waals surface area (Å²) in [5.74, 6) is 0.503. The van der Waals surface area contributed by atoms with Gasteiger partial charge in [0, 0.05) is 6.20 Å². The first-order valence-corrected chi connectivity index (χ1v) is 6.88. The van der Waals surface area contributed by atoms with E-state index in [1.165, 1.54) is 25.5 Å². The van der Waals surface area contributed by atoms with Crippen LogP contribution in [-0.2, 0) is 9.53 Å². The average molecular weight is 309 g/mol. The van der Waals surface area contributed by atoms with Crippen LogP contribution < -0.4 is 16.2 Å². The number of hydrogen-bond donors (Lipinski definition) is 2. The van der Waals surface area contributed by atoms with Crippen molar-refractivity contribution >= 4 is 17.6 Å². The van der Waals surface area contributed by atoms with Crippen molar-refractivity contribution in [1.29, 1.82) is 0 Å². The van der Waals surface area contributed by atoms with Gasteiger partial charge in [-0.15, -0.1) is 0 Å². The third-order valence-electron chi connectivity index (χ3n) is 3.16. The Balaban J connectivity index is 2.24. The third-order valence-corrected chi connectivity index (χ3v) is 3.35. The van der Waals surface area contributed by atoms with E-state index in [1.54, 1.807) is 6.07 Å². The molecule has 112 valence electrons. The molecule has 0 radical (unpaired) electrons. The first-order chi connectivity index (χ1) is 10.1. The predicted octanol–water partition coefficient (Wildman–Crippen LogP) is 2.33. The zero-order chi connectivity index (χ0) is 15.4. The van der Waals surface area contributed by atoms with Gasteiger partial charge in [-0.05, 0) is 36.5 Å². The second-order valence-corrected chi connectivity index (χ2v) is 5.10. The molecule has 0 heterocycles. The van der Waals surface area contributed by atoms with Gasteiger partial charge in [0.1, 0.15) is 16.5 Å². The van der Waals surface area contributed by atoms with Crippen molar-refractivity contribution in [2.45, 2.75) is 18.8 Å². The maximum absolute atomic E-state index is 11.7. The van der Waals surface area contributed by atoms with Crippen molar-refractivity contribution in [3.63, 3.8) is 0 Å². The zero-order valence-corrected chi connectivity index (χ0v) is 12.4. The Kier molecular flexibility index (Phi) is 4.75. The molecule has 0 saturated heterocycles. The minimum Gasteiger partial charge on any atom is -0.465 e. The Morgan fingerprint density at radius 2 is 2.14 bits per heavy atom. The fourth-order valence-electron chi connectivity index (χ4n) is 1.96. The van der Waals surface area contributed by atoms with Gasteiger partial charge in [0.25, 0.3) is 0 Å². The van der Waals surface area contributed by atoms with Gasteiger partial charge in [-0.3, -0.25) is 0 Å². The van der Waals surface area contributed by atoms with Crippen LogP contribution in [0.5, 0.6) is 5.75 Å². The molecule has 4 N–H and O–H groups in total. The maximum atomic E-state index is 11.7. The molecule has 0 amide bonds. The Morgan fingerprint density at radius 3 is 2.67 bits per heavy atom. The van der Waals surface area contributed by atoms with Gasteiger partial charge >= 0.3 is 5.97 Å². The van der Waals surface area contributed by atoms with Gasteiger partial charge in [0.05, 0.1) is 7.11 Å². The average Bonchev–Trinajstić information content (AvgIpc) is 3.30. The molecule has 5 nitrogen and oxygen atoms in total. The maximum Gasteiger partial charge on any atom is 0.344 e. The van der Waals surface area contributed by atoms with Crippen molar-refractivity contribution in [1.82, 2.24) is 0 Å². The van der Waals surface area contributed by atoms with Crippen LogP contribution in [0.2, 0.25) is 0 Å². The summed E-state index contributed by atoms with van der Waals surface area (Å²) < 4.78 is 10.3. The number of halogens is 1. The molecule has 1 saturated carbocycles. The molecule has 0 aliphatic heterocycles. The van der Waals surface area contributed by atoms with Crippen molar-refractivity contribution in [3.8, 4) is 5.75 Å². The number of esters is 1. The van der Waals surface area contributed by atoms with Crippen LogP contribution in [0.1, 0.15) is 24.3 Å². The molecule has 2 rings (SSSR count). The smallest absolute Gasteiger partial charge is 0.344 e. The molecule has 0 atom stereocenters. The standard InChI is InChI=1S/C15H17ClN2O3/c1-20-15(19)13(14(16)18)12(8-17)21-11-4-2-3-10(7-11)9-5-6-9/h2-4,7-9H,5-6,17-18H2,1H3/b12-8+,14-13+. The number of carbonyl (C=O) groups excluding carboxylic acids is 1. The Hall–Kier alpha value is -2.14. The summed E-state index contributed by atoms with van der Waals surface area (Å²) in [4.78, 5) is 11.7. The Bertz CT molecular complexity index is 603. The highest BCUT2D eigenvalue weighted by molar-refractivity contribution is 6.31. The second-order valence-electron chi connectivity index (χ2n) is 4.69. The van der Waals surface area contributed by atoms with Crippen molar-refractivity contribution in [3.05, 3.63) is 52.5 Å². The summed E-state index contributed by atoms with van der Waals surface area (Å²) in [5, 5.41) is -0.239. The SMILES string of the molecule is COC(=O)C(=C(/N)Cl)/C(=C\N)Oc1cccc(C2CC2)c1. The van der Waals surface area contributed by atoms with Crippen LogP contribution in [0.15, 0.2) is 47.0 Å². The van der Waals surface area contributed by atoms with Gasteiger partial charge < -0.3 is 20.9 Å². The lowest BCUT2D eigenvalue weighted by Crippen LogP contribution is -2.16. The predicted molar refractivity (Wildman–Crippen MR) is 80.4 cm³/mol. The van der Waals surface area contributed by atoms with E-state index in [-0.39, 0.29) is 16.5 Å². The number of carbonyl (C=O) groups is 1. The zero-order valence-electron chi connectivity index (χ0n) is 11.6. The van der Waals surface area contributed by atoms with Crippen LogP contribution >= 0.6 is 11.6 Å². The van der Waals surface area contributed by atoms with E-state index in [1.807, 2.05) is 18.2 Å². The van der Waals surface area contributed by atoms with Crippen LogP contribution in [0.3, 0.4) is 0 Å². The lowest BCUT2D eigenvalue weighted by atomic mass is 10.1. The molecule has 0 aromatic heterocycles. The lowest BCUT2D eigenvalue weighted by molar-refractivity contribution is -0.136. The summed E-state index contributed by atoms with van der Waals surface area (Å²) in [6, 6.07) is 7.63. The van der Waals surface area contributed by atoms with E-state index in [9.17, 15) is 4.79 Å². The number of ether oxygens (including phenoxy) is 2. The van der Waals surface area contributed by atoms with Gasteiger partial charge in [0.2, 0.25) is 0 Å². The topological polar surface area (TPSA) is 87.6 Å². The van der Waals surface area contributed by atoms with Crippen LogP contribution in [0.4, 0.5) is 0 Å². The van der Waals surface area contributed by atoms with Crippen molar-refractivity contribution in [2.75, 3.05) is 7.11 Å². The van der Waals surface area contributed by atoms with E-state index in [0.717, 1.165) is 6.20 Å². The monoisotopic (exact) mass is 308 g/mol. The highest BCUT2D eigenvalue weighted by Gasteiger charge is 2.24. The summed E-state index contributed by atoms with van der Waals surface area (Å²) in [6.45, 7) is 0. The first-order valence-electron chi connectivity index (χ1n) is 6.50. The number of hydrogen-bond acceptors (Lipinski definition) is 5. The molecular formula is C15H17ClN2O3. The quantitative estimate of drug-likeness (QED) is 0.286. The molecule has 1 aliphatic carbocycles. The molecule has 1 aromatic carbocycles. The summed E-state index contributed by atoms with van der Waals surface area (Å²) in [6.07, 6.45) is 3.50. The first kappa shape index (κ1) is 15.3. The molecule has 0 bridgehead atoms. The fraction of sp³-hybridized carbons (Fsp3) is 0.267. The van der Waals surface area contributed by atoms with E-state index in [0.29, 0.717) is 11.7 Å². The molecular weight excluding hydrogens is 292 g/mol. The van der Waals surface area contributed by atoms with Gasteiger partial charge in [-0.1, -0.05) is 23.7 Å². The molecule has 0 spiro atoms. The highest BCUT2D eigenvalue weighted by atomic mass is 35.5. The number of methoxy groups -OCH3 is 1. The normalized spacial score (nSPS) is 16.2. The van der Waals surface area contributed by atoms with Crippen LogP contribution in [-0.4, -0.2) is 13.1 Å². The number of rotatable bonds is 5. The number of nitrogens with two attached hydrogens (primary N) is 2. The molecule has 21 heavy (non-hydrogen) atoms. The number of benzene rings is 1. The Labute approximate surface area is 128 Å². The minimum atomic E-state index is -0.711. The van der Waals surface area contributed by atoms with Gasteiger partial charge in [-0.25, -0.2) is 4.79 Å².